The SMILES string of the molecule is O=S(=O)(c1ccccc1)c1ccc2c(c1)OC1CN(C3CCC3)CCC21. The summed E-state index contributed by atoms with van der Waals surface area (Å²) in [7, 11) is -3.50. The Hall–Kier alpha value is -1.85. The third-order valence-corrected chi connectivity index (χ3v) is 7.98. The molecular weight excluding hydrogens is 346 g/mol. The summed E-state index contributed by atoms with van der Waals surface area (Å²) in [5.41, 5.74) is 1.18. The molecule has 2 unspecified atom stereocenters. The van der Waals surface area contributed by atoms with Gasteiger partial charge in [-0.3, -0.25) is 4.90 Å². The van der Waals surface area contributed by atoms with Gasteiger partial charge in [0.2, 0.25) is 9.84 Å². The Morgan fingerprint density at radius 2 is 1.77 bits per heavy atom. The third kappa shape index (κ3) is 2.57. The molecule has 0 N–H and O–H groups in total. The van der Waals surface area contributed by atoms with Crippen LogP contribution in [0.2, 0.25) is 0 Å². The molecule has 0 amide bonds. The van der Waals surface area contributed by atoms with Crippen molar-refractivity contribution in [2.24, 2.45) is 0 Å². The zero-order valence-electron chi connectivity index (χ0n) is 14.7. The molecule has 26 heavy (non-hydrogen) atoms. The number of benzene rings is 2. The second-order valence-electron chi connectivity index (χ2n) is 7.65. The molecule has 2 fully saturated rings. The van der Waals surface area contributed by atoms with Crippen molar-refractivity contribution in [3.8, 4) is 5.75 Å². The van der Waals surface area contributed by atoms with E-state index >= 15 is 0 Å². The van der Waals surface area contributed by atoms with Crippen LogP contribution in [-0.4, -0.2) is 38.6 Å². The summed E-state index contributed by atoms with van der Waals surface area (Å²) in [5, 5.41) is 0. The number of hydrogen-bond acceptors (Lipinski definition) is 4. The van der Waals surface area contributed by atoms with Crippen molar-refractivity contribution < 1.29 is 13.2 Å². The number of rotatable bonds is 3. The lowest BCUT2D eigenvalue weighted by Crippen LogP contribution is -2.50. The summed E-state index contributed by atoms with van der Waals surface area (Å²) >= 11 is 0. The van der Waals surface area contributed by atoms with Gasteiger partial charge < -0.3 is 4.74 Å². The van der Waals surface area contributed by atoms with Crippen LogP contribution in [0.4, 0.5) is 0 Å². The molecule has 0 aromatic heterocycles. The van der Waals surface area contributed by atoms with Crippen molar-refractivity contribution in [3.05, 3.63) is 54.1 Å². The van der Waals surface area contributed by atoms with Crippen LogP contribution in [0.3, 0.4) is 0 Å². The molecule has 5 heteroatoms. The Morgan fingerprint density at radius 1 is 0.962 bits per heavy atom. The summed E-state index contributed by atoms with van der Waals surface area (Å²) in [6.45, 7) is 2.09. The molecule has 0 bridgehead atoms. The highest BCUT2D eigenvalue weighted by Gasteiger charge is 2.41. The minimum Gasteiger partial charge on any atom is -0.488 e. The first-order valence-electron chi connectivity index (χ1n) is 9.48. The van der Waals surface area contributed by atoms with Gasteiger partial charge in [-0.1, -0.05) is 30.7 Å². The monoisotopic (exact) mass is 369 g/mol. The van der Waals surface area contributed by atoms with Gasteiger partial charge in [0.1, 0.15) is 11.9 Å². The third-order valence-electron chi connectivity index (χ3n) is 6.21. The van der Waals surface area contributed by atoms with Crippen molar-refractivity contribution in [1.82, 2.24) is 4.90 Å². The van der Waals surface area contributed by atoms with Crippen molar-refractivity contribution in [3.63, 3.8) is 0 Å². The Morgan fingerprint density at radius 3 is 2.50 bits per heavy atom. The van der Waals surface area contributed by atoms with E-state index in [9.17, 15) is 8.42 Å². The highest BCUT2D eigenvalue weighted by Crippen LogP contribution is 2.45. The van der Waals surface area contributed by atoms with E-state index in [1.807, 2.05) is 12.1 Å². The zero-order chi connectivity index (χ0) is 17.7. The number of ether oxygens (including phenoxy) is 1. The fourth-order valence-corrected chi connectivity index (χ4v) is 5.79. The first-order valence-corrected chi connectivity index (χ1v) is 11.0. The van der Waals surface area contributed by atoms with E-state index < -0.39 is 9.84 Å². The average molecular weight is 369 g/mol. The minimum absolute atomic E-state index is 0.161. The largest absolute Gasteiger partial charge is 0.488 e. The molecule has 2 aromatic rings. The number of fused-ring (bicyclic) bond motifs is 3. The molecule has 0 spiro atoms. The summed E-state index contributed by atoms with van der Waals surface area (Å²) in [4.78, 5) is 3.21. The maximum Gasteiger partial charge on any atom is 0.206 e. The maximum absolute atomic E-state index is 12.9. The minimum atomic E-state index is -3.50. The second-order valence-corrected chi connectivity index (χ2v) is 9.60. The predicted molar refractivity (Wildman–Crippen MR) is 99.3 cm³/mol. The molecule has 3 aliphatic rings. The topological polar surface area (TPSA) is 46.6 Å². The van der Waals surface area contributed by atoms with Gasteiger partial charge in [-0.05, 0) is 50.1 Å². The summed E-state index contributed by atoms with van der Waals surface area (Å²) in [6, 6.07) is 14.8. The molecule has 136 valence electrons. The summed E-state index contributed by atoms with van der Waals surface area (Å²) in [6.07, 6.45) is 5.22. The van der Waals surface area contributed by atoms with Gasteiger partial charge in [0.25, 0.3) is 0 Å². The van der Waals surface area contributed by atoms with Gasteiger partial charge in [0.05, 0.1) is 9.79 Å². The first kappa shape index (κ1) is 16.3. The Labute approximate surface area is 154 Å². The van der Waals surface area contributed by atoms with Crippen LogP contribution in [0.15, 0.2) is 58.3 Å². The van der Waals surface area contributed by atoms with Crippen LogP contribution in [-0.2, 0) is 9.84 Å². The van der Waals surface area contributed by atoms with Crippen molar-refractivity contribution in [2.45, 2.75) is 53.5 Å². The number of likely N-dealkylation sites (tertiary alicyclic amines) is 1. The number of hydrogen-bond donors (Lipinski definition) is 0. The standard InChI is InChI=1S/C21H23NO3S/c23-26(24,16-7-2-1-3-8-16)17-9-10-18-19-11-12-22(15-5-4-6-15)14-21(19)25-20(18)13-17/h1-3,7-10,13,15,19,21H,4-6,11-12,14H2. The van der Waals surface area contributed by atoms with Crippen molar-refractivity contribution >= 4 is 9.84 Å². The van der Waals surface area contributed by atoms with Crippen LogP contribution in [0.5, 0.6) is 5.75 Å². The van der Waals surface area contributed by atoms with Crippen LogP contribution in [0.25, 0.3) is 0 Å². The van der Waals surface area contributed by atoms with Crippen LogP contribution in [0, 0.1) is 0 Å². The smallest absolute Gasteiger partial charge is 0.206 e. The molecule has 2 heterocycles. The van der Waals surface area contributed by atoms with Gasteiger partial charge in [-0.2, -0.15) is 0 Å². The lowest BCUT2D eigenvalue weighted by Gasteiger charge is -2.43. The summed E-state index contributed by atoms with van der Waals surface area (Å²) in [5.74, 6) is 1.15. The maximum atomic E-state index is 12.9. The molecule has 1 aliphatic carbocycles. The van der Waals surface area contributed by atoms with Crippen molar-refractivity contribution in [2.75, 3.05) is 13.1 Å². The molecule has 0 radical (unpaired) electrons. The molecule has 2 atom stereocenters. The molecular formula is C21H23NO3S. The van der Waals surface area contributed by atoms with E-state index in [4.69, 9.17) is 4.74 Å². The molecule has 5 rings (SSSR count). The Bertz CT molecular complexity index is 922. The Kier molecular flexibility index (Phi) is 3.83. The lowest BCUT2D eigenvalue weighted by atomic mass is 9.85. The van der Waals surface area contributed by atoms with Crippen LogP contribution < -0.4 is 4.74 Å². The normalized spacial score (nSPS) is 25.8. The fourth-order valence-electron chi connectivity index (χ4n) is 4.49. The van der Waals surface area contributed by atoms with Crippen molar-refractivity contribution in [1.29, 1.82) is 0 Å². The van der Waals surface area contributed by atoms with E-state index in [2.05, 4.69) is 4.90 Å². The first-order chi connectivity index (χ1) is 12.6. The lowest BCUT2D eigenvalue weighted by molar-refractivity contribution is 0.0366. The van der Waals surface area contributed by atoms with Gasteiger partial charge in [0.15, 0.2) is 0 Å². The summed E-state index contributed by atoms with van der Waals surface area (Å²) < 4.78 is 32.0. The average Bonchev–Trinajstić information content (AvgIpc) is 2.98. The van der Waals surface area contributed by atoms with E-state index in [1.165, 1.54) is 24.8 Å². The molecule has 4 nitrogen and oxygen atoms in total. The molecule has 1 saturated heterocycles. The highest BCUT2D eigenvalue weighted by atomic mass is 32.2. The van der Waals surface area contributed by atoms with Gasteiger partial charge >= 0.3 is 0 Å². The van der Waals surface area contributed by atoms with E-state index in [-0.39, 0.29) is 6.10 Å². The zero-order valence-corrected chi connectivity index (χ0v) is 15.5. The van der Waals surface area contributed by atoms with Gasteiger partial charge in [-0.25, -0.2) is 8.42 Å². The molecule has 1 saturated carbocycles. The molecule has 2 aliphatic heterocycles. The number of sulfone groups is 1. The van der Waals surface area contributed by atoms with Crippen LogP contribution >= 0.6 is 0 Å². The van der Waals surface area contributed by atoms with E-state index in [0.29, 0.717) is 15.7 Å². The number of piperidine rings is 1. The number of nitrogens with zero attached hydrogens (tertiary/aromatic N) is 1. The predicted octanol–water partition coefficient (Wildman–Crippen LogP) is 3.62. The van der Waals surface area contributed by atoms with E-state index in [0.717, 1.165) is 31.3 Å². The quantitative estimate of drug-likeness (QED) is 0.829. The fraction of sp³-hybridized carbons (Fsp3) is 0.429. The molecule has 2 aromatic carbocycles. The van der Waals surface area contributed by atoms with Gasteiger partial charge in [-0.15, -0.1) is 0 Å². The highest BCUT2D eigenvalue weighted by molar-refractivity contribution is 7.91. The van der Waals surface area contributed by atoms with E-state index in [1.54, 1.807) is 36.4 Å². The van der Waals surface area contributed by atoms with Gasteiger partial charge in [0, 0.05) is 24.1 Å². The Balaban J connectivity index is 1.42. The van der Waals surface area contributed by atoms with Crippen LogP contribution in [0.1, 0.15) is 37.2 Å². The second kappa shape index (κ2) is 6.10.